The highest BCUT2D eigenvalue weighted by Gasteiger charge is 2.17. The van der Waals surface area contributed by atoms with Crippen LogP contribution in [0.15, 0.2) is 46.9 Å². The van der Waals surface area contributed by atoms with Crippen LogP contribution < -0.4 is 4.72 Å². The molecule has 3 aromatic rings. The molecule has 114 valence electrons. The van der Waals surface area contributed by atoms with Gasteiger partial charge in [-0.25, -0.2) is 13.1 Å². The quantitative estimate of drug-likeness (QED) is 0.771. The second-order valence-electron chi connectivity index (χ2n) is 4.48. The van der Waals surface area contributed by atoms with Crippen molar-refractivity contribution in [2.45, 2.75) is 17.6 Å². The fourth-order valence-electron chi connectivity index (χ4n) is 1.89. The topological polar surface area (TPSA) is 89.8 Å². The zero-order chi connectivity index (χ0) is 15.6. The monoisotopic (exact) mass is 335 g/mol. The van der Waals surface area contributed by atoms with E-state index < -0.39 is 10.0 Å². The van der Waals surface area contributed by atoms with Crippen LogP contribution in [-0.4, -0.2) is 28.6 Å². The van der Waals surface area contributed by atoms with Gasteiger partial charge in [-0.15, -0.1) is 16.4 Å². The summed E-state index contributed by atoms with van der Waals surface area (Å²) in [5.41, 5.74) is 1.13. The minimum absolute atomic E-state index is 0.303. The molecule has 0 spiro atoms. The molecule has 1 N–H and O–H groups in total. The predicted octanol–water partition coefficient (Wildman–Crippen LogP) is 2.09. The van der Waals surface area contributed by atoms with Crippen molar-refractivity contribution in [3.8, 4) is 5.69 Å². The maximum atomic E-state index is 12.4. The Bertz CT molecular complexity index is 871. The van der Waals surface area contributed by atoms with Crippen LogP contribution in [0.2, 0.25) is 0 Å². The van der Waals surface area contributed by atoms with Gasteiger partial charge in [-0.2, -0.15) is 0 Å². The molecule has 0 aliphatic rings. The summed E-state index contributed by atoms with van der Waals surface area (Å²) in [5, 5.41) is 10.9. The fourth-order valence-corrected chi connectivity index (χ4v) is 4.23. The number of benzene rings is 1. The Morgan fingerprint density at radius 2 is 2.14 bits per heavy atom. The standard InChI is InChI=1S/C13H13N5O2S2/c1-2-12-6-7-13(21-12)22(19,20)15-10-4-3-5-11(8-10)18-9-14-16-17-18/h3-9,15H,2H2,1H3. The van der Waals surface area contributed by atoms with E-state index in [4.69, 9.17) is 0 Å². The molecule has 0 aliphatic carbocycles. The first-order chi connectivity index (χ1) is 10.6. The summed E-state index contributed by atoms with van der Waals surface area (Å²) in [6, 6.07) is 10.3. The van der Waals surface area contributed by atoms with Crippen LogP contribution in [0.3, 0.4) is 0 Å². The Kier molecular flexibility index (Phi) is 3.90. The molecule has 0 saturated heterocycles. The average molecular weight is 335 g/mol. The van der Waals surface area contributed by atoms with Crippen molar-refractivity contribution >= 4 is 27.0 Å². The summed E-state index contributed by atoms with van der Waals surface area (Å²) in [4.78, 5) is 1.03. The molecule has 2 heterocycles. The smallest absolute Gasteiger partial charge is 0.271 e. The first kappa shape index (κ1) is 14.7. The number of hydrogen-bond donors (Lipinski definition) is 1. The van der Waals surface area contributed by atoms with Crippen LogP contribution in [0.1, 0.15) is 11.8 Å². The third-order valence-electron chi connectivity index (χ3n) is 2.96. The minimum Gasteiger partial charge on any atom is -0.279 e. The van der Waals surface area contributed by atoms with Gasteiger partial charge < -0.3 is 0 Å². The molecule has 0 aliphatic heterocycles. The van der Waals surface area contributed by atoms with E-state index in [0.29, 0.717) is 15.6 Å². The van der Waals surface area contributed by atoms with Gasteiger partial charge in [-0.1, -0.05) is 13.0 Å². The number of thiophene rings is 1. The second-order valence-corrected chi connectivity index (χ2v) is 7.56. The van der Waals surface area contributed by atoms with Crippen LogP contribution in [0.25, 0.3) is 5.69 Å². The van der Waals surface area contributed by atoms with Gasteiger partial charge in [0.05, 0.1) is 11.4 Å². The second kappa shape index (κ2) is 5.85. The molecule has 3 rings (SSSR count). The van der Waals surface area contributed by atoms with Crippen molar-refractivity contribution in [3.63, 3.8) is 0 Å². The molecule has 0 bridgehead atoms. The fraction of sp³-hybridized carbons (Fsp3) is 0.154. The summed E-state index contributed by atoms with van der Waals surface area (Å²) in [6.45, 7) is 1.99. The van der Waals surface area contributed by atoms with E-state index in [1.807, 2.05) is 13.0 Å². The lowest BCUT2D eigenvalue weighted by atomic mass is 10.3. The van der Waals surface area contributed by atoms with Gasteiger partial charge in [-0.05, 0) is 47.2 Å². The van der Waals surface area contributed by atoms with Gasteiger partial charge in [0.2, 0.25) is 0 Å². The summed E-state index contributed by atoms with van der Waals surface area (Å²) in [5.74, 6) is 0. The zero-order valence-corrected chi connectivity index (χ0v) is 13.3. The van der Waals surface area contributed by atoms with Crippen molar-refractivity contribution in [2.75, 3.05) is 4.72 Å². The van der Waals surface area contributed by atoms with E-state index in [2.05, 4.69) is 20.2 Å². The highest BCUT2D eigenvalue weighted by Crippen LogP contribution is 2.25. The van der Waals surface area contributed by atoms with Crippen molar-refractivity contribution in [1.82, 2.24) is 20.2 Å². The third-order valence-corrected chi connectivity index (χ3v) is 6.06. The van der Waals surface area contributed by atoms with Crippen molar-refractivity contribution < 1.29 is 8.42 Å². The van der Waals surface area contributed by atoms with Gasteiger partial charge in [0.15, 0.2) is 0 Å². The van der Waals surface area contributed by atoms with Gasteiger partial charge in [-0.3, -0.25) is 4.72 Å². The number of aromatic nitrogens is 4. The van der Waals surface area contributed by atoms with E-state index in [1.165, 1.54) is 22.3 Å². The van der Waals surface area contributed by atoms with E-state index in [0.717, 1.165) is 11.3 Å². The van der Waals surface area contributed by atoms with Crippen LogP contribution in [0.4, 0.5) is 5.69 Å². The molecule has 0 atom stereocenters. The number of hydrogen-bond acceptors (Lipinski definition) is 6. The van der Waals surface area contributed by atoms with E-state index >= 15 is 0 Å². The number of nitrogens with zero attached hydrogens (tertiary/aromatic N) is 4. The Morgan fingerprint density at radius 3 is 2.82 bits per heavy atom. The van der Waals surface area contributed by atoms with Gasteiger partial charge in [0, 0.05) is 4.88 Å². The molecular weight excluding hydrogens is 322 g/mol. The van der Waals surface area contributed by atoms with Crippen LogP contribution in [0, 0.1) is 0 Å². The maximum Gasteiger partial charge on any atom is 0.271 e. The minimum atomic E-state index is -3.58. The summed E-state index contributed by atoms with van der Waals surface area (Å²) >= 11 is 1.27. The lowest BCUT2D eigenvalue weighted by molar-refractivity contribution is 0.603. The maximum absolute atomic E-state index is 12.4. The Hall–Kier alpha value is -2.26. The largest absolute Gasteiger partial charge is 0.279 e. The molecule has 1 aromatic carbocycles. The van der Waals surface area contributed by atoms with E-state index in [9.17, 15) is 8.42 Å². The predicted molar refractivity (Wildman–Crippen MR) is 83.7 cm³/mol. The summed E-state index contributed by atoms with van der Waals surface area (Å²) in [7, 11) is -3.58. The Morgan fingerprint density at radius 1 is 1.27 bits per heavy atom. The Labute approximate surface area is 131 Å². The molecular formula is C13H13N5O2S2. The number of sulfonamides is 1. The summed E-state index contributed by atoms with van der Waals surface area (Å²) < 4.78 is 29.1. The zero-order valence-electron chi connectivity index (χ0n) is 11.7. The lowest BCUT2D eigenvalue weighted by Gasteiger charge is -2.07. The third kappa shape index (κ3) is 3.00. The van der Waals surface area contributed by atoms with Gasteiger partial charge in [0.25, 0.3) is 10.0 Å². The molecule has 2 aromatic heterocycles. The molecule has 0 fully saturated rings. The molecule has 0 amide bonds. The molecule has 22 heavy (non-hydrogen) atoms. The summed E-state index contributed by atoms with van der Waals surface area (Å²) in [6.07, 6.45) is 2.26. The Balaban J connectivity index is 1.88. The van der Waals surface area contributed by atoms with Crippen LogP contribution >= 0.6 is 11.3 Å². The highest BCUT2D eigenvalue weighted by molar-refractivity contribution is 7.94. The normalized spacial score (nSPS) is 11.5. The van der Waals surface area contributed by atoms with E-state index in [1.54, 1.807) is 30.3 Å². The number of tetrazole rings is 1. The number of rotatable bonds is 5. The number of anilines is 1. The molecule has 0 saturated carbocycles. The first-order valence-corrected chi connectivity index (χ1v) is 8.83. The molecule has 9 heteroatoms. The first-order valence-electron chi connectivity index (χ1n) is 6.53. The highest BCUT2D eigenvalue weighted by atomic mass is 32.2. The lowest BCUT2D eigenvalue weighted by Crippen LogP contribution is -2.11. The number of nitrogens with one attached hydrogen (secondary N) is 1. The van der Waals surface area contributed by atoms with Crippen LogP contribution in [-0.2, 0) is 16.4 Å². The molecule has 0 radical (unpaired) electrons. The van der Waals surface area contributed by atoms with Crippen LogP contribution in [0.5, 0.6) is 0 Å². The SMILES string of the molecule is CCc1ccc(S(=O)(=O)Nc2cccc(-n3cnnn3)c2)s1. The van der Waals surface area contributed by atoms with Crippen molar-refractivity contribution in [3.05, 3.63) is 47.6 Å². The molecule has 7 nitrogen and oxygen atoms in total. The molecule has 0 unspecified atom stereocenters. The van der Waals surface area contributed by atoms with Gasteiger partial charge in [0.1, 0.15) is 10.5 Å². The van der Waals surface area contributed by atoms with Crippen molar-refractivity contribution in [1.29, 1.82) is 0 Å². The van der Waals surface area contributed by atoms with E-state index in [-0.39, 0.29) is 0 Å². The number of aryl methyl sites for hydroxylation is 1. The average Bonchev–Trinajstić information content (AvgIpc) is 3.19. The van der Waals surface area contributed by atoms with Gasteiger partial charge >= 0.3 is 0 Å². The van der Waals surface area contributed by atoms with Crippen molar-refractivity contribution in [2.24, 2.45) is 0 Å².